The van der Waals surface area contributed by atoms with Crippen LogP contribution >= 0.6 is 0 Å². The van der Waals surface area contributed by atoms with E-state index in [0.717, 1.165) is 5.92 Å². The molecule has 0 saturated heterocycles. The SMILES string of the molecule is CCCCCN(C)CC1CCCC(C)(C)C1NC. The van der Waals surface area contributed by atoms with Gasteiger partial charge in [-0.3, -0.25) is 0 Å². The van der Waals surface area contributed by atoms with Gasteiger partial charge in [-0.25, -0.2) is 0 Å². The van der Waals surface area contributed by atoms with Gasteiger partial charge in [0, 0.05) is 12.6 Å². The molecule has 1 aliphatic rings. The topological polar surface area (TPSA) is 15.3 Å². The van der Waals surface area contributed by atoms with Crippen LogP contribution in [0.2, 0.25) is 0 Å². The molecule has 108 valence electrons. The first-order valence-corrected chi connectivity index (χ1v) is 7.87. The summed E-state index contributed by atoms with van der Waals surface area (Å²) in [4.78, 5) is 2.55. The number of hydrogen-bond donors (Lipinski definition) is 1. The van der Waals surface area contributed by atoms with Gasteiger partial charge in [-0.1, -0.05) is 40.0 Å². The fourth-order valence-corrected chi connectivity index (χ4v) is 3.73. The summed E-state index contributed by atoms with van der Waals surface area (Å²) >= 11 is 0. The molecule has 1 aliphatic carbocycles. The first-order chi connectivity index (χ1) is 8.51. The Bertz CT molecular complexity index is 225. The summed E-state index contributed by atoms with van der Waals surface area (Å²) in [7, 11) is 4.44. The van der Waals surface area contributed by atoms with Crippen LogP contribution in [0.15, 0.2) is 0 Å². The van der Waals surface area contributed by atoms with E-state index in [9.17, 15) is 0 Å². The molecule has 0 radical (unpaired) electrons. The highest BCUT2D eigenvalue weighted by Gasteiger charge is 2.37. The van der Waals surface area contributed by atoms with Crippen molar-refractivity contribution in [2.75, 3.05) is 27.2 Å². The molecular formula is C16H34N2. The Labute approximate surface area is 115 Å². The second-order valence-corrected chi connectivity index (χ2v) is 6.88. The van der Waals surface area contributed by atoms with Gasteiger partial charge in [0.25, 0.3) is 0 Å². The predicted octanol–water partition coefficient (Wildman–Crippen LogP) is 3.52. The molecule has 2 nitrogen and oxygen atoms in total. The Hall–Kier alpha value is -0.0800. The van der Waals surface area contributed by atoms with Gasteiger partial charge in [0.2, 0.25) is 0 Å². The van der Waals surface area contributed by atoms with E-state index in [4.69, 9.17) is 0 Å². The van der Waals surface area contributed by atoms with Gasteiger partial charge < -0.3 is 10.2 Å². The fraction of sp³-hybridized carbons (Fsp3) is 1.00. The zero-order valence-electron chi connectivity index (χ0n) is 13.3. The predicted molar refractivity (Wildman–Crippen MR) is 81.0 cm³/mol. The largest absolute Gasteiger partial charge is 0.316 e. The first-order valence-electron chi connectivity index (χ1n) is 7.87. The molecule has 18 heavy (non-hydrogen) atoms. The first kappa shape index (κ1) is 16.0. The summed E-state index contributed by atoms with van der Waals surface area (Å²) in [5.74, 6) is 0.824. The Morgan fingerprint density at radius 1 is 1.28 bits per heavy atom. The lowest BCUT2D eigenvalue weighted by Crippen LogP contribution is -2.51. The van der Waals surface area contributed by atoms with Gasteiger partial charge in [-0.2, -0.15) is 0 Å². The second kappa shape index (κ2) is 7.49. The van der Waals surface area contributed by atoms with E-state index in [1.165, 1.54) is 51.6 Å². The van der Waals surface area contributed by atoms with Crippen molar-refractivity contribution in [3.8, 4) is 0 Å². The van der Waals surface area contributed by atoms with Crippen LogP contribution in [-0.4, -0.2) is 38.1 Å². The van der Waals surface area contributed by atoms with Crippen LogP contribution in [0.1, 0.15) is 59.3 Å². The summed E-state index contributed by atoms with van der Waals surface area (Å²) in [6.45, 7) is 9.66. The maximum atomic E-state index is 3.59. The third kappa shape index (κ3) is 4.55. The molecule has 2 unspecified atom stereocenters. The van der Waals surface area contributed by atoms with E-state index >= 15 is 0 Å². The smallest absolute Gasteiger partial charge is 0.0156 e. The van der Waals surface area contributed by atoms with E-state index in [2.05, 4.69) is 45.1 Å². The molecule has 0 spiro atoms. The molecule has 1 N–H and O–H groups in total. The van der Waals surface area contributed by atoms with E-state index in [-0.39, 0.29) is 0 Å². The van der Waals surface area contributed by atoms with Crippen LogP contribution in [0.4, 0.5) is 0 Å². The van der Waals surface area contributed by atoms with E-state index < -0.39 is 0 Å². The van der Waals surface area contributed by atoms with Gasteiger partial charge in [-0.15, -0.1) is 0 Å². The Morgan fingerprint density at radius 3 is 2.61 bits per heavy atom. The Morgan fingerprint density at radius 2 is 2.00 bits per heavy atom. The van der Waals surface area contributed by atoms with Gasteiger partial charge in [0.1, 0.15) is 0 Å². The van der Waals surface area contributed by atoms with Crippen molar-refractivity contribution >= 4 is 0 Å². The average Bonchev–Trinajstić information content (AvgIpc) is 2.28. The minimum Gasteiger partial charge on any atom is -0.316 e. The maximum Gasteiger partial charge on any atom is 0.0156 e. The second-order valence-electron chi connectivity index (χ2n) is 6.88. The van der Waals surface area contributed by atoms with Crippen LogP contribution in [-0.2, 0) is 0 Å². The molecule has 2 heteroatoms. The van der Waals surface area contributed by atoms with Crippen molar-refractivity contribution in [3.63, 3.8) is 0 Å². The number of nitrogens with zero attached hydrogens (tertiary/aromatic N) is 1. The van der Waals surface area contributed by atoms with Crippen molar-refractivity contribution in [2.24, 2.45) is 11.3 Å². The molecule has 0 aromatic heterocycles. The van der Waals surface area contributed by atoms with Crippen LogP contribution in [0.25, 0.3) is 0 Å². The van der Waals surface area contributed by atoms with Crippen molar-refractivity contribution in [3.05, 3.63) is 0 Å². The maximum absolute atomic E-state index is 3.59. The molecule has 0 aromatic rings. The number of rotatable bonds is 7. The fourth-order valence-electron chi connectivity index (χ4n) is 3.73. The molecule has 1 rings (SSSR count). The average molecular weight is 254 g/mol. The normalized spacial score (nSPS) is 27.7. The third-order valence-electron chi connectivity index (χ3n) is 4.71. The van der Waals surface area contributed by atoms with Crippen LogP contribution in [0.5, 0.6) is 0 Å². The highest BCUT2D eigenvalue weighted by Crippen LogP contribution is 2.39. The molecule has 2 atom stereocenters. The highest BCUT2D eigenvalue weighted by molar-refractivity contribution is 4.93. The molecule has 0 heterocycles. The van der Waals surface area contributed by atoms with Crippen LogP contribution < -0.4 is 5.32 Å². The molecule has 0 aliphatic heterocycles. The standard InChI is InChI=1S/C16H34N2/c1-6-7-8-12-18(5)13-14-10-9-11-16(2,3)15(14)17-4/h14-15,17H,6-13H2,1-5H3. The van der Waals surface area contributed by atoms with Crippen LogP contribution in [0.3, 0.4) is 0 Å². The monoisotopic (exact) mass is 254 g/mol. The zero-order chi connectivity index (χ0) is 13.6. The van der Waals surface area contributed by atoms with Crippen molar-refractivity contribution in [1.82, 2.24) is 10.2 Å². The van der Waals surface area contributed by atoms with E-state index in [1.807, 2.05) is 0 Å². The number of nitrogens with one attached hydrogen (secondary N) is 1. The zero-order valence-corrected chi connectivity index (χ0v) is 13.3. The van der Waals surface area contributed by atoms with Crippen molar-refractivity contribution in [2.45, 2.75) is 65.3 Å². The van der Waals surface area contributed by atoms with E-state index in [0.29, 0.717) is 11.5 Å². The van der Waals surface area contributed by atoms with Gasteiger partial charge in [-0.05, 0) is 51.2 Å². The summed E-state index contributed by atoms with van der Waals surface area (Å²) in [6, 6.07) is 0.680. The van der Waals surface area contributed by atoms with Crippen LogP contribution in [0, 0.1) is 11.3 Å². The molecule has 1 saturated carbocycles. The van der Waals surface area contributed by atoms with Crippen molar-refractivity contribution < 1.29 is 0 Å². The third-order valence-corrected chi connectivity index (χ3v) is 4.71. The summed E-state index contributed by atoms with van der Waals surface area (Å²) < 4.78 is 0. The Balaban J connectivity index is 2.43. The highest BCUT2D eigenvalue weighted by atomic mass is 15.1. The quantitative estimate of drug-likeness (QED) is 0.699. The van der Waals surface area contributed by atoms with Gasteiger partial charge in [0.15, 0.2) is 0 Å². The van der Waals surface area contributed by atoms with Gasteiger partial charge >= 0.3 is 0 Å². The molecular weight excluding hydrogens is 220 g/mol. The lowest BCUT2D eigenvalue weighted by Gasteiger charge is -2.45. The van der Waals surface area contributed by atoms with Gasteiger partial charge in [0.05, 0.1) is 0 Å². The molecule has 1 fully saturated rings. The number of unbranched alkanes of at least 4 members (excludes halogenated alkanes) is 2. The minimum atomic E-state index is 0.460. The molecule has 0 amide bonds. The number of hydrogen-bond acceptors (Lipinski definition) is 2. The molecule has 0 bridgehead atoms. The Kier molecular flexibility index (Phi) is 6.65. The summed E-state index contributed by atoms with van der Waals surface area (Å²) in [5.41, 5.74) is 0.460. The summed E-state index contributed by atoms with van der Waals surface area (Å²) in [5, 5.41) is 3.59. The molecule has 0 aromatic carbocycles. The minimum absolute atomic E-state index is 0.460. The van der Waals surface area contributed by atoms with E-state index in [1.54, 1.807) is 0 Å². The lowest BCUT2D eigenvalue weighted by atomic mass is 9.68. The summed E-state index contributed by atoms with van der Waals surface area (Å²) in [6.07, 6.45) is 8.22. The van der Waals surface area contributed by atoms with Crippen molar-refractivity contribution in [1.29, 1.82) is 0 Å². The lowest BCUT2D eigenvalue weighted by molar-refractivity contribution is 0.0901.